The van der Waals surface area contributed by atoms with Crippen LogP contribution in [-0.4, -0.2) is 67.2 Å². The number of ether oxygens (including phenoxy) is 2. The number of para-hydroxylation sites is 3. The van der Waals surface area contributed by atoms with Crippen LogP contribution in [0.1, 0.15) is 23.6 Å². The molecule has 0 fully saturated rings. The van der Waals surface area contributed by atoms with E-state index in [1.807, 2.05) is 79.9 Å². The summed E-state index contributed by atoms with van der Waals surface area (Å²) in [4.78, 5) is 33.8. The number of aromatic amines is 1. The molecule has 0 radical (unpaired) electrons. The molecule has 3 amide bonds. The maximum absolute atomic E-state index is 13.8. The SMILES string of the molecule is CCc1ccccc1NC(=O)N(CCOC)CC(=O)N(CCc1c[nH]c2ccccc12)Cc1ccccc1OC. The van der Waals surface area contributed by atoms with Gasteiger partial charge in [-0.2, -0.15) is 0 Å². The monoisotopic (exact) mass is 542 g/mol. The largest absolute Gasteiger partial charge is 0.496 e. The summed E-state index contributed by atoms with van der Waals surface area (Å²) >= 11 is 0. The maximum atomic E-state index is 13.8. The Morgan fingerprint density at radius 3 is 2.35 bits per heavy atom. The second-order valence-electron chi connectivity index (χ2n) is 9.59. The van der Waals surface area contributed by atoms with Gasteiger partial charge in [0.25, 0.3) is 0 Å². The number of H-pyrrole nitrogens is 1. The van der Waals surface area contributed by atoms with E-state index in [1.165, 1.54) is 4.90 Å². The lowest BCUT2D eigenvalue weighted by Crippen LogP contribution is -2.46. The van der Waals surface area contributed by atoms with Crippen molar-refractivity contribution in [3.05, 3.63) is 95.7 Å². The highest BCUT2D eigenvalue weighted by molar-refractivity contribution is 5.93. The first-order chi connectivity index (χ1) is 19.5. The number of carbonyl (C=O) groups is 2. The van der Waals surface area contributed by atoms with Gasteiger partial charge < -0.3 is 29.6 Å². The van der Waals surface area contributed by atoms with Crippen molar-refractivity contribution in [3.63, 3.8) is 0 Å². The number of aromatic nitrogens is 1. The number of anilines is 1. The molecule has 1 aromatic heterocycles. The number of carbonyl (C=O) groups excluding carboxylic acids is 2. The lowest BCUT2D eigenvalue weighted by molar-refractivity contribution is -0.132. The molecule has 0 bridgehead atoms. The molecule has 0 aliphatic rings. The van der Waals surface area contributed by atoms with Crippen LogP contribution >= 0.6 is 0 Å². The van der Waals surface area contributed by atoms with Crippen molar-refractivity contribution in [1.29, 1.82) is 0 Å². The van der Waals surface area contributed by atoms with Crippen LogP contribution in [0.25, 0.3) is 10.9 Å². The van der Waals surface area contributed by atoms with Gasteiger partial charge in [-0.1, -0.05) is 61.5 Å². The molecular weight excluding hydrogens is 504 g/mol. The Morgan fingerprint density at radius 1 is 0.850 bits per heavy atom. The fourth-order valence-electron chi connectivity index (χ4n) is 4.79. The van der Waals surface area contributed by atoms with Gasteiger partial charge in [0, 0.05) is 55.1 Å². The Kier molecular flexibility index (Phi) is 10.2. The van der Waals surface area contributed by atoms with E-state index in [0.717, 1.165) is 45.5 Å². The van der Waals surface area contributed by atoms with E-state index >= 15 is 0 Å². The highest BCUT2D eigenvalue weighted by atomic mass is 16.5. The molecular formula is C32H38N4O4. The Balaban J connectivity index is 1.54. The van der Waals surface area contributed by atoms with Gasteiger partial charge in [0.05, 0.1) is 13.7 Å². The number of methoxy groups -OCH3 is 2. The third-order valence-electron chi connectivity index (χ3n) is 7.05. The molecule has 0 spiro atoms. The van der Waals surface area contributed by atoms with Crippen LogP contribution in [0, 0.1) is 0 Å². The van der Waals surface area contributed by atoms with Crippen LogP contribution in [0.5, 0.6) is 5.75 Å². The number of nitrogens with one attached hydrogen (secondary N) is 2. The molecule has 40 heavy (non-hydrogen) atoms. The highest BCUT2D eigenvalue weighted by Crippen LogP contribution is 2.22. The predicted molar refractivity (Wildman–Crippen MR) is 159 cm³/mol. The number of aryl methyl sites for hydroxylation is 1. The first-order valence-corrected chi connectivity index (χ1v) is 13.6. The van der Waals surface area contributed by atoms with E-state index in [-0.39, 0.29) is 25.0 Å². The van der Waals surface area contributed by atoms with Crippen LogP contribution in [0.15, 0.2) is 79.0 Å². The van der Waals surface area contributed by atoms with Gasteiger partial charge in [-0.15, -0.1) is 0 Å². The van der Waals surface area contributed by atoms with Crippen molar-refractivity contribution >= 4 is 28.5 Å². The number of nitrogens with zero attached hydrogens (tertiary/aromatic N) is 2. The van der Waals surface area contributed by atoms with Crippen molar-refractivity contribution in [1.82, 2.24) is 14.8 Å². The Morgan fingerprint density at radius 2 is 1.57 bits per heavy atom. The zero-order chi connectivity index (χ0) is 28.3. The minimum absolute atomic E-state index is 0.0769. The second kappa shape index (κ2) is 14.2. The van der Waals surface area contributed by atoms with Crippen LogP contribution in [0.4, 0.5) is 10.5 Å². The third-order valence-corrected chi connectivity index (χ3v) is 7.05. The fourth-order valence-corrected chi connectivity index (χ4v) is 4.79. The average Bonchev–Trinajstić information content (AvgIpc) is 3.40. The quantitative estimate of drug-likeness (QED) is 0.234. The molecule has 3 aromatic carbocycles. The van der Waals surface area contributed by atoms with Crippen LogP contribution in [-0.2, 0) is 28.9 Å². The smallest absolute Gasteiger partial charge is 0.322 e. The van der Waals surface area contributed by atoms with Gasteiger partial charge in [0.1, 0.15) is 12.3 Å². The summed E-state index contributed by atoms with van der Waals surface area (Å²) in [7, 11) is 3.21. The molecule has 0 aliphatic heterocycles. The first-order valence-electron chi connectivity index (χ1n) is 13.6. The van der Waals surface area contributed by atoms with E-state index in [0.29, 0.717) is 26.1 Å². The number of fused-ring (bicyclic) bond motifs is 1. The summed E-state index contributed by atoms with van der Waals surface area (Å²) in [5, 5.41) is 4.14. The van der Waals surface area contributed by atoms with Gasteiger partial charge in [0.2, 0.25) is 5.91 Å². The number of amides is 3. The van der Waals surface area contributed by atoms with Crippen molar-refractivity contribution in [2.75, 3.05) is 45.8 Å². The zero-order valence-electron chi connectivity index (χ0n) is 23.5. The van der Waals surface area contributed by atoms with Gasteiger partial charge in [0.15, 0.2) is 0 Å². The van der Waals surface area contributed by atoms with Gasteiger partial charge in [-0.3, -0.25) is 4.79 Å². The molecule has 210 valence electrons. The molecule has 4 aromatic rings. The average molecular weight is 543 g/mol. The van der Waals surface area contributed by atoms with E-state index in [9.17, 15) is 9.59 Å². The van der Waals surface area contributed by atoms with Gasteiger partial charge >= 0.3 is 6.03 Å². The molecule has 2 N–H and O–H groups in total. The summed E-state index contributed by atoms with van der Waals surface area (Å²) in [5.74, 6) is 0.568. The number of hydrogen-bond acceptors (Lipinski definition) is 4. The Labute approximate surface area is 235 Å². The molecule has 0 unspecified atom stereocenters. The molecule has 8 nitrogen and oxygen atoms in total. The van der Waals surface area contributed by atoms with Crippen molar-refractivity contribution in [3.8, 4) is 5.75 Å². The molecule has 8 heteroatoms. The van der Waals surface area contributed by atoms with Crippen molar-refractivity contribution < 1.29 is 19.1 Å². The van der Waals surface area contributed by atoms with Crippen LogP contribution in [0.3, 0.4) is 0 Å². The van der Waals surface area contributed by atoms with Gasteiger partial charge in [-0.25, -0.2) is 4.79 Å². The van der Waals surface area contributed by atoms with Crippen LogP contribution in [0.2, 0.25) is 0 Å². The minimum Gasteiger partial charge on any atom is -0.496 e. The van der Waals surface area contributed by atoms with Gasteiger partial charge in [-0.05, 0) is 42.2 Å². The second-order valence-corrected chi connectivity index (χ2v) is 9.59. The lowest BCUT2D eigenvalue weighted by Gasteiger charge is -2.28. The minimum atomic E-state index is -0.333. The number of rotatable bonds is 13. The first kappa shape index (κ1) is 28.7. The van der Waals surface area contributed by atoms with Crippen molar-refractivity contribution in [2.45, 2.75) is 26.3 Å². The number of urea groups is 1. The highest BCUT2D eigenvalue weighted by Gasteiger charge is 2.23. The van der Waals surface area contributed by atoms with E-state index in [1.54, 1.807) is 19.1 Å². The summed E-state index contributed by atoms with van der Waals surface area (Å²) in [6, 6.07) is 23.2. The van der Waals surface area contributed by atoms with Crippen LogP contribution < -0.4 is 10.1 Å². The summed E-state index contributed by atoms with van der Waals surface area (Å²) in [6.45, 7) is 3.42. The normalized spacial score (nSPS) is 10.9. The van der Waals surface area contributed by atoms with E-state index in [2.05, 4.69) is 16.4 Å². The molecule has 1 heterocycles. The number of hydrogen-bond donors (Lipinski definition) is 2. The van der Waals surface area contributed by atoms with Crippen molar-refractivity contribution in [2.24, 2.45) is 0 Å². The summed E-state index contributed by atoms with van der Waals surface area (Å²) < 4.78 is 10.8. The number of benzene rings is 3. The zero-order valence-corrected chi connectivity index (χ0v) is 23.5. The molecule has 0 aliphatic carbocycles. The van der Waals surface area contributed by atoms with E-state index in [4.69, 9.17) is 9.47 Å². The Bertz CT molecular complexity index is 1420. The molecule has 0 saturated carbocycles. The van der Waals surface area contributed by atoms with E-state index < -0.39 is 0 Å². The summed E-state index contributed by atoms with van der Waals surface area (Å²) in [5.41, 5.74) is 4.89. The predicted octanol–water partition coefficient (Wildman–Crippen LogP) is 5.49. The standard InChI is InChI=1S/C32H38N4O4/c1-4-24-11-5-8-14-28(24)34-32(38)36(19-20-39-2)23-31(37)35(22-26-12-6-10-16-30(26)40-3)18-17-25-21-33-29-15-9-7-13-27(25)29/h5-16,21,33H,4,17-20,22-23H2,1-3H3,(H,34,38). The summed E-state index contributed by atoms with van der Waals surface area (Å²) in [6.07, 6.45) is 3.45. The fraction of sp³-hybridized carbons (Fsp3) is 0.312. The molecule has 0 saturated heterocycles. The lowest BCUT2D eigenvalue weighted by atomic mass is 10.1. The molecule has 0 atom stereocenters. The third kappa shape index (κ3) is 7.21. The topological polar surface area (TPSA) is 86.9 Å². The maximum Gasteiger partial charge on any atom is 0.322 e. The molecule has 4 rings (SSSR count). The Hall–Kier alpha value is -4.30.